The van der Waals surface area contributed by atoms with Crippen molar-refractivity contribution in [3.05, 3.63) is 10.0 Å². The zero-order valence-corrected chi connectivity index (χ0v) is 11.9. The zero-order chi connectivity index (χ0) is 13.2. The topological polar surface area (TPSA) is 66.9 Å². The van der Waals surface area contributed by atoms with Gasteiger partial charge >= 0.3 is 0 Å². The Bertz CT molecular complexity index is 418. The van der Waals surface area contributed by atoms with Crippen LogP contribution in [0.25, 0.3) is 0 Å². The molecule has 0 saturated carbocycles. The second kappa shape index (κ2) is 5.32. The summed E-state index contributed by atoms with van der Waals surface area (Å²) < 4.78 is 0. The van der Waals surface area contributed by atoms with Crippen LogP contribution >= 0.6 is 11.3 Å². The van der Waals surface area contributed by atoms with Crippen molar-refractivity contribution in [3.8, 4) is 0 Å². The van der Waals surface area contributed by atoms with Gasteiger partial charge in [0.05, 0.1) is 12.5 Å². The molecule has 6 heteroatoms. The van der Waals surface area contributed by atoms with Crippen molar-refractivity contribution in [2.24, 2.45) is 5.92 Å². The van der Waals surface area contributed by atoms with E-state index in [0.29, 0.717) is 6.54 Å². The standard InChI is InChI=1S/C12H20N4OS/c1-12(2,3)11-16-15-9(18-11)7-14-10(17)8-4-5-13-6-8/h8,13H,4-7H2,1-3H3,(H,14,17). The molecule has 1 aromatic heterocycles. The number of hydrogen-bond donors (Lipinski definition) is 2. The van der Waals surface area contributed by atoms with Crippen LogP contribution < -0.4 is 10.6 Å². The van der Waals surface area contributed by atoms with E-state index in [1.807, 2.05) is 0 Å². The zero-order valence-electron chi connectivity index (χ0n) is 11.1. The summed E-state index contributed by atoms with van der Waals surface area (Å²) in [5, 5.41) is 16.3. The summed E-state index contributed by atoms with van der Waals surface area (Å²) in [6.07, 6.45) is 0.926. The van der Waals surface area contributed by atoms with Crippen molar-refractivity contribution >= 4 is 17.2 Å². The van der Waals surface area contributed by atoms with Crippen LogP contribution in [0.3, 0.4) is 0 Å². The van der Waals surface area contributed by atoms with Gasteiger partial charge in [-0.2, -0.15) is 0 Å². The Hall–Kier alpha value is -1.01. The lowest BCUT2D eigenvalue weighted by Gasteiger charge is -2.12. The van der Waals surface area contributed by atoms with Gasteiger partial charge < -0.3 is 10.6 Å². The van der Waals surface area contributed by atoms with Crippen molar-refractivity contribution < 1.29 is 4.79 Å². The van der Waals surface area contributed by atoms with Crippen LogP contribution in [0.4, 0.5) is 0 Å². The molecule has 18 heavy (non-hydrogen) atoms. The van der Waals surface area contributed by atoms with Crippen molar-refractivity contribution in [3.63, 3.8) is 0 Å². The summed E-state index contributed by atoms with van der Waals surface area (Å²) in [4.78, 5) is 11.8. The van der Waals surface area contributed by atoms with Crippen LogP contribution in [0.1, 0.15) is 37.2 Å². The van der Waals surface area contributed by atoms with Gasteiger partial charge in [-0.25, -0.2) is 0 Å². The molecule has 100 valence electrons. The van der Waals surface area contributed by atoms with E-state index < -0.39 is 0 Å². The molecule has 0 aliphatic carbocycles. The Morgan fingerprint density at radius 1 is 1.50 bits per heavy atom. The quantitative estimate of drug-likeness (QED) is 0.860. The fraction of sp³-hybridized carbons (Fsp3) is 0.750. The van der Waals surface area contributed by atoms with Crippen LogP contribution in [-0.4, -0.2) is 29.2 Å². The molecule has 0 radical (unpaired) electrons. The van der Waals surface area contributed by atoms with Crippen LogP contribution in [0.15, 0.2) is 0 Å². The molecule has 0 aromatic carbocycles. The molecule has 1 atom stereocenters. The van der Waals surface area contributed by atoms with E-state index >= 15 is 0 Å². The van der Waals surface area contributed by atoms with Gasteiger partial charge in [-0.05, 0) is 13.0 Å². The first-order valence-electron chi connectivity index (χ1n) is 6.28. The van der Waals surface area contributed by atoms with Crippen molar-refractivity contribution in [1.29, 1.82) is 0 Å². The van der Waals surface area contributed by atoms with E-state index in [1.54, 1.807) is 11.3 Å². The molecule has 0 spiro atoms. The molecular formula is C12H20N4OS. The second-order valence-electron chi connectivity index (χ2n) is 5.66. The van der Waals surface area contributed by atoms with E-state index in [1.165, 1.54) is 0 Å². The van der Waals surface area contributed by atoms with Crippen molar-refractivity contribution in [2.45, 2.75) is 39.2 Å². The maximum atomic E-state index is 11.8. The minimum absolute atomic E-state index is 0.0231. The highest BCUT2D eigenvalue weighted by Crippen LogP contribution is 2.25. The minimum Gasteiger partial charge on any atom is -0.349 e. The van der Waals surface area contributed by atoms with Gasteiger partial charge in [0.1, 0.15) is 10.0 Å². The average Bonchev–Trinajstić information content (AvgIpc) is 2.96. The second-order valence-corrected chi connectivity index (χ2v) is 6.72. The van der Waals surface area contributed by atoms with E-state index in [9.17, 15) is 4.79 Å². The largest absolute Gasteiger partial charge is 0.349 e. The smallest absolute Gasteiger partial charge is 0.224 e. The molecule has 2 heterocycles. The predicted molar refractivity (Wildman–Crippen MR) is 71.4 cm³/mol. The predicted octanol–water partition coefficient (Wildman–Crippen LogP) is 1.06. The van der Waals surface area contributed by atoms with Crippen LogP contribution in [0, 0.1) is 5.92 Å². The third-order valence-corrected chi connectivity index (χ3v) is 4.30. The van der Waals surface area contributed by atoms with Crippen LogP contribution in [-0.2, 0) is 16.8 Å². The van der Waals surface area contributed by atoms with Gasteiger partial charge in [-0.3, -0.25) is 4.79 Å². The first-order chi connectivity index (χ1) is 8.47. The maximum Gasteiger partial charge on any atom is 0.224 e. The first kappa shape index (κ1) is 13.4. The number of nitrogens with one attached hydrogen (secondary N) is 2. The normalized spacial score (nSPS) is 20.1. The molecule has 1 fully saturated rings. The lowest BCUT2D eigenvalue weighted by molar-refractivity contribution is -0.124. The third kappa shape index (κ3) is 3.26. The molecule has 1 amide bonds. The van der Waals surface area contributed by atoms with Gasteiger partial charge in [0.15, 0.2) is 0 Å². The highest BCUT2D eigenvalue weighted by atomic mass is 32.1. The molecule has 5 nitrogen and oxygen atoms in total. The Morgan fingerprint density at radius 3 is 2.83 bits per heavy atom. The highest BCUT2D eigenvalue weighted by Gasteiger charge is 2.23. The number of hydrogen-bond acceptors (Lipinski definition) is 5. The van der Waals surface area contributed by atoms with Gasteiger partial charge in [-0.15, -0.1) is 10.2 Å². The van der Waals surface area contributed by atoms with Crippen molar-refractivity contribution in [1.82, 2.24) is 20.8 Å². The molecule has 1 saturated heterocycles. The highest BCUT2D eigenvalue weighted by molar-refractivity contribution is 7.11. The fourth-order valence-electron chi connectivity index (χ4n) is 1.81. The molecule has 2 rings (SSSR count). The number of nitrogens with zero attached hydrogens (tertiary/aromatic N) is 2. The summed E-state index contributed by atoms with van der Waals surface area (Å²) >= 11 is 1.57. The Balaban J connectivity index is 1.86. The summed E-state index contributed by atoms with van der Waals surface area (Å²) in [6.45, 7) is 8.55. The number of amides is 1. The van der Waals surface area contributed by atoms with Crippen molar-refractivity contribution in [2.75, 3.05) is 13.1 Å². The van der Waals surface area contributed by atoms with Gasteiger partial charge in [-0.1, -0.05) is 32.1 Å². The van der Waals surface area contributed by atoms with Gasteiger partial charge in [0, 0.05) is 12.0 Å². The van der Waals surface area contributed by atoms with Crippen LogP contribution in [0.2, 0.25) is 0 Å². The van der Waals surface area contributed by atoms with E-state index in [2.05, 4.69) is 41.6 Å². The monoisotopic (exact) mass is 268 g/mol. The summed E-state index contributed by atoms with van der Waals surface area (Å²) in [5.74, 6) is 0.229. The Labute approximate surface area is 111 Å². The molecular weight excluding hydrogens is 248 g/mol. The Kier molecular flexibility index (Phi) is 3.97. The van der Waals surface area contributed by atoms with E-state index in [0.717, 1.165) is 29.5 Å². The van der Waals surface area contributed by atoms with Crippen LogP contribution in [0.5, 0.6) is 0 Å². The van der Waals surface area contributed by atoms with Gasteiger partial charge in [0.25, 0.3) is 0 Å². The lowest BCUT2D eigenvalue weighted by atomic mass is 9.98. The number of carbonyl (C=O) groups excluding carboxylic acids is 1. The molecule has 2 N–H and O–H groups in total. The fourth-order valence-corrected chi connectivity index (χ4v) is 2.65. The number of rotatable bonds is 3. The maximum absolute atomic E-state index is 11.8. The minimum atomic E-state index is 0.0231. The lowest BCUT2D eigenvalue weighted by Crippen LogP contribution is -2.31. The SMILES string of the molecule is CC(C)(C)c1nnc(CNC(=O)C2CCNC2)s1. The number of carbonyl (C=O) groups is 1. The molecule has 1 aliphatic rings. The Morgan fingerprint density at radius 2 is 2.28 bits per heavy atom. The molecule has 1 unspecified atom stereocenters. The molecule has 1 aliphatic heterocycles. The molecule has 0 bridgehead atoms. The van der Waals surface area contributed by atoms with E-state index in [4.69, 9.17) is 0 Å². The summed E-state index contributed by atoms with van der Waals surface area (Å²) in [7, 11) is 0. The van der Waals surface area contributed by atoms with Gasteiger partial charge in [0.2, 0.25) is 5.91 Å². The first-order valence-corrected chi connectivity index (χ1v) is 7.10. The molecule has 1 aromatic rings. The number of aromatic nitrogens is 2. The summed E-state index contributed by atoms with van der Waals surface area (Å²) in [6, 6.07) is 0. The summed E-state index contributed by atoms with van der Waals surface area (Å²) in [5.41, 5.74) is 0.0231. The third-order valence-electron chi connectivity index (χ3n) is 2.95. The average molecular weight is 268 g/mol. The van der Waals surface area contributed by atoms with E-state index in [-0.39, 0.29) is 17.2 Å².